The Kier molecular flexibility index (Phi) is 6.53. The zero-order valence-corrected chi connectivity index (χ0v) is 29.0. The molecule has 53 heavy (non-hydrogen) atoms. The fourth-order valence-corrected chi connectivity index (χ4v) is 9.29. The summed E-state index contributed by atoms with van der Waals surface area (Å²) in [7, 11) is 0. The fraction of sp³-hybridized carbons (Fsp3) is 0.0192. The Balaban J connectivity index is 1.20. The molecule has 1 nitrogen and oxygen atoms in total. The quantitative estimate of drug-likeness (QED) is 0.181. The van der Waals surface area contributed by atoms with Gasteiger partial charge in [0.25, 0.3) is 0 Å². The van der Waals surface area contributed by atoms with E-state index in [1.165, 1.54) is 72.0 Å². The van der Waals surface area contributed by atoms with Crippen LogP contribution in [0.3, 0.4) is 0 Å². The molecule has 0 amide bonds. The van der Waals surface area contributed by atoms with E-state index in [0.717, 1.165) is 28.1 Å². The second-order valence-electron chi connectivity index (χ2n) is 14.2. The predicted molar refractivity (Wildman–Crippen MR) is 220 cm³/mol. The number of nitrogens with zero attached hydrogens (tertiary/aromatic N) is 1. The van der Waals surface area contributed by atoms with E-state index < -0.39 is 5.41 Å². The maximum atomic E-state index is 5.34. The monoisotopic (exact) mass is 671 g/mol. The lowest BCUT2D eigenvalue weighted by Gasteiger charge is -2.31. The van der Waals surface area contributed by atoms with Crippen LogP contribution in [0, 0.1) is 0 Å². The number of benzene rings is 8. The Hall–Kier alpha value is -6.83. The van der Waals surface area contributed by atoms with Crippen LogP contribution >= 0.6 is 0 Å². The summed E-state index contributed by atoms with van der Waals surface area (Å²) in [6.45, 7) is 0. The molecule has 8 aromatic carbocycles. The molecule has 0 fully saturated rings. The third kappa shape index (κ3) is 4.35. The molecule has 11 rings (SSSR count). The molecule has 1 atom stereocenters. The third-order valence-corrected chi connectivity index (χ3v) is 11.5. The van der Waals surface area contributed by atoms with Crippen LogP contribution in [0.4, 0.5) is 0 Å². The second-order valence-corrected chi connectivity index (χ2v) is 14.2. The van der Waals surface area contributed by atoms with Crippen molar-refractivity contribution < 1.29 is 0 Å². The molecule has 2 aliphatic carbocycles. The SMILES string of the molecule is c1ccc(-c2cccc(-c3cc(-c4cccc5c4-c4ccccc4C54c5ccccc5-c5ccc6ccccc6c54)cc(-c4ccccc4)n3)c2)cc1. The zero-order chi connectivity index (χ0) is 34.9. The van der Waals surface area contributed by atoms with Crippen molar-refractivity contribution >= 4 is 10.8 Å². The highest BCUT2D eigenvalue weighted by Gasteiger charge is 2.52. The minimum atomic E-state index is -0.448. The van der Waals surface area contributed by atoms with Gasteiger partial charge in [0.15, 0.2) is 0 Å². The van der Waals surface area contributed by atoms with Gasteiger partial charge in [0.05, 0.1) is 16.8 Å². The van der Waals surface area contributed by atoms with E-state index in [9.17, 15) is 0 Å². The predicted octanol–water partition coefficient (Wildman–Crippen LogP) is 13.2. The topological polar surface area (TPSA) is 12.9 Å². The summed E-state index contributed by atoms with van der Waals surface area (Å²) >= 11 is 0. The van der Waals surface area contributed by atoms with Gasteiger partial charge in [-0.25, -0.2) is 4.98 Å². The molecule has 0 radical (unpaired) electrons. The van der Waals surface area contributed by atoms with Gasteiger partial charge < -0.3 is 0 Å². The molecule has 0 aliphatic heterocycles. The van der Waals surface area contributed by atoms with Crippen molar-refractivity contribution in [1.29, 1.82) is 0 Å². The lowest BCUT2D eigenvalue weighted by molar-refractivity contribution is 0.801. The molecule has 1 heteroatoms. The minimum Gasteiger partial charge on any atom is -0.248 e. The van der Waals surface area contributed by atoms with Crippen molar-refractivity contribution in [2.45, 2.75) is 5.41 Å². The van der Waals surface area contributed by atoms with Crippen molar-refractivity contribution in [3.8, 4) is 67.0 Å². The molecule has 2 aliphatic rings. The van der Waals surface area contributed by atoms with Gasteiger partial charge in [0, 0.05) is 11.1 Å². The normalized spacial score (nSPS) is 14.9. The standard InChI is InChI=1S/C52H33N/c1-3-15-34(16-4-1)37-20-13-21-38(31-37)49-33-39(32-48(53-49)36-18-5-2-6-19-36)40-25-14-28-47-50(40)44-24-10-12-27-46(44)52(47)45-26-11-9-23-42(45)43-30-29-35-17-7-8-22-41(35)51(43)52/h1-33H. The zero-order valence-electron chi connectivity index (χ0n) is 29.0. The number of pyridine rings is 1. The molecule has 0 bridgehead atoms. The van der Waals surface area contributed by atoms with Crippen molar-refractivity contribution in [2.24, 2.45) is 0 Å². The summed E-state index contributed by atoms with van der Waals surface area (Å²) in [6.07, 6.45) is 0. The first kappa shape index (κ1) is 29.9. The summed E-state index contributed by atoms with van der Waals surface area (Å²) in [4.78, 5) is 5.34. The van der Waals surface area contributed by atoms with Gasteiger partial charge in [-0.2, -0.15) is 0 Å². The average Bonchev–Trinajstić information content (AvgIpc) is 3.72. The van der Waals surface area contributed by atoms with E-state index in [-0.39, 0.29) is 0 Å². The largest absolute Gasteiger partial charge is 0.248 e. The highest BCUT2D eigenvalue weighted by Crippen LogP contribution is 2.65. The Morgan fingerprint density at radius 2 is 0.887 bits per heavy atom. The van der Waals surface area contributed by atoms with Crippen molar-refractivity contribution in [1.82, 2.24) is 4.98 Å². The minimum absolute atomic E-state index is 0.448. The summed E-state index contributed by atoms with van der Waals surface area (Å²) in [5.74, 6) is 0. The summed E-state index contributed by atoms with van der Waals surface area (Å²) in [5.41, 5.74) is 19.1. The van der Waals surface area contributed by atoms with Gasteiger partial charge in [-0.3, -0.25) is 0 Å². The van der Waals surface area contributed by atoms with Crippen LogP contribution in [0.2, 0.25) is 0 Å². The van der Waals surface area contributed by atoms with Crippen molar-refractivity contribution in [2.75, 3.05) is 0 Å². The molecule has 1 spiro atoms. The van der Waals surface area contributed by atoms with Crippen LogP contribution in [-0.2, 0) is 5.41 Å². The van der Waals surface area contributed by atoms with E-state index in [0.29, 0.717) is 0 Å². The van der Waals surface area contributed by atoms with E-state index in [2.05, 4.69) is 200 Å². The van der Waals surface area contributed by atoms with E-state index in [4.69, 9.17) is 4.98 Å². The van der Waals surface area contributed by atoms with Crippen LogP contribution in [0.15, 0.2) is 200 Å². The van der Waals surface area contributed by atoms with Gasteiger partial charge >= 0.3 is 0 Å². The molecular formula is C52H33N. The number of rotatable bonds is 4. The molecular weight excluding hydrogens is 639 g/mol. The Morgan fingerprint density at radius 1 is 0.321 bits per heavy atom. The van der Waals surface area contributed by atoms with Crippen LogP contribution in [0.25, 0.3) is 77.8 Å². The van der Waals surface area contributed by atoms with Crippen LogP contribution < -0.4 is 0 Å². The first-order valence-electron chi connectivity index (χ1n) is 18.4. The molecule has 0 saturated carbocycles. The fourth-order valence-electron chi connectivity index (χ4n) is 9.29. The van der Waals surface area contributed by atoms with Crippen molar-refractivity contribution in [3.63, 3.8) is 0 Å². The summed E-state index contributed by atoms with van der Waals surface area (Å²) < 4.78 is 0. The van der Waals surface area contributed by atoms with Crippen LogP contribution in [0.1, 0.15) is 22.3 Å². The molecule has 0 saturated heterocycles. The maximum absolute atomic E-state index is 5.34. The van der Waals surface area contributed by atoms with E-state index >= 15 is 0 Å². The van der Waals surface area contributed by atoms with Crippen molar-refractivity contribution in [3.05, 3.63) is 222 Å². The Labute approximate surface area is 309 Å². The smallest absolute Gasteiger partial charge is 0.0731 e. The van der Waals surface area contributed by atoms with E-state index in [1.807, 2.05) is 0 Å². The Bertz CT molecular complexity index is 2890. The lowest BCUT2D eigenvalue weighted by atomic mass is 9.69. The first-order chi connectivity index (χ1) is 26.3. The van der Waals surface area contributed by atoms with Crippen LogP contribution in [-0.4, -0.2) is 4.98 Å². The van der Waals surface area contributed by atoms with Crippen LogP contribution in [0.5, 0.6) is 0 Å². The number of fused-ring (bicyclic) bond motifs is 12. The lowest BCUT2D eigenvalue weighted by Crippen LogP contribution is -2.26. The number of hydrogen-bond donors (Lipinski definition) is 0. The first-order valence-corrected chi connectivity index (χ1v) is 18.4. The molecule has 1 aromatic heterocycles. The van der Waals surface area contributed by atoms with Gasteiger partial charge in [-0.15, -0.1) is 0 Å². The number of aromatic nitrogens is 1. The van der Waals surface area contributed by atoms with Gasteiger partial charge in [0.2, 0.25) is 0 Å². The van der Waals surface area contributed by atoms with Gasteiger partial charge in [-0.1, -0.05) is 182 Å². The Morgan fingerprint density at radius 3 is 1.70 bits per heavy atom. The molecule has 0 N–H and O–H groups in total. The third-order valence-electron chi connectivity index (χ3n) is 11.5. The second kappa shape index (κ2) is 11.6. The molecule has 246 valence electrons. The molecule has 9 aromatic rings. The van der Waals surface area contributed by atoms with Gasteiger partial charge in [-0.05, 0) is 95.7 Å². The van der Waals surface area contributed by atoms with Gasteiger partial charge in [0.1, 0.15) is 0 Å². The highest BCUT2D eigenvalue weighted by atomic mass is 14.7. The molecule has 1 heterocycles. The number of hydrogen-bond acceptors (Lipinski definition) is 1. The van der Waals surface area contributed by atoms with E-state index in [1.54, 1.807) is 0 Å². The molecule has 1 unspecified atom stereocenters. The average molecular weight is 672 g/mol. The summed E-state index contributed by atoms with van der Waals surface area (Å²) in [5, 5.41) is 2.58. The highest BCUT2D eigenvalue weighted by molar-refractivity contribution is 6.06. The summed E-state index contributed by atoms with van der Waals surface area (Å²) in [6, 6.07) is 73.3. The maximum Gasteiger partial charge on any atom is 0.0731 e.